The first-order valence-electron chi connectivity index (χ1n) is 7.20. The van der Waals surface area contributed by atoms with Crippen molar-refractivity contribution in [3.8, 4) is 5.75 Å². The summed E-state index contributed by atoms with van der Waals surface area (Å²) in [4.78, 5) is 26.7. The van der Waals surface area contributed by atoms with Crippen LogP contribution in [0, 0.1) is 0 Å². The van der Waals surface area contributed by atoms with Gasteiger partial charge in [0.1, 0.15) is 23.5 Å². The molecular weight excluding hydrogens is 310 g/mol. The predicted octanol–water partition coefficient (Wildman–Crippen LogP) is 2.34. The number of fused-ring (bicyclic) bond motifs is 2. The number of carboxylic acid groups (broad SMARTS) is 1. The normalized spacial score (nSPS) is 12.4. The van der Waals surface area contributed by atoms with Crippen LogP contribution >= 0.6 is 0 Å². The number of aromatic carboxylic acids is 1. The Morgan fingerprint density at radius 3 is 3.04 bits per heavy atom. The average molecular weight is 323 g/mol. The van der Waals surface area contributed by atoms with E-state index < -0.39 is 5.97 Å². The van der Waals surface area contributed by atoms with Crippen LogP contribution in [0.3, 0.4) is 0 Å². The van der Waals surface area contributed by atoms with Crippen LogP contribution in [0.4, 0.5) is 11.5 Å². The van der Waals surface area contributed by atoms with Crippen molar-refractivity contribution in [2.24, 2.45) is 4.99 Å². The molecule has 0 unspecified atom stereocenters. The summed E-state index contributed by atoms with van der Waals surface area (Å²) in [5, 5.41) is 12.9. The largest absolute Gasteiger partial charge is 0.495 e. The Bertz CT molecular complexity index is 993. The molecule has 0 bridgehead atoms. The lowest BCUT2D eigenvalue weighted by atomic mass is 10.1. The zero-order valence-corrected chi connectivity index (χ0v) is 12.7. The second kappa shape index (κ2) is 5.34. The van der Waals surface area contributed by atoms with Crippen molar-refractivity contribution in [3.05, 3.63) is 41.3 Å². The third-order valence-corrected chi connectivity index (χ3v) is 3.91. The lowest BCUT2D eigenvalue weighted by molar-refractivity contribution is 0.0699. The van der Waals surface area contributed by atoms with Crippen molar-refractivity contribution in [3.63, 3.8) is 0 Å². The fourth-order valence-corrected chi connectivity index (χ4v) is 2.76. The third kappa shape index (κ3) is 2.16. The first-order valence-corrected chi connectivity index (χ1v) is 7.20. The molecule has 0 atom stereocenters. The van der Waals surface area contributed by atoms with Gasteiger partial charge in [0, 0.05) is 12.4 Å². The van der Waals surface area contributed by atoms with Crippen LogP contribution in [0.1, 0.15) is 21.5 Å². The topological polar surface area (TPSA) is 112 Å². The maximum atomic E-state index is 11.4. The molecule has 1 aliphatic rings. The quantitative estimate of drug-likeness (QED) is 0.679. The molecule has 8 heteroatoms. The number of rotatable bonds is 4. The molecule has 0 saturated heterocycles. The number of hydrogen-bond acceptors (Lipinski definition) is 6. The Morgan fingerprint density at radius 2 is 2.25 bits per heavy atom. The number of aliphatic imine (C=N–C) groups is 1. The zero-order valence-electron chi connectivity index (χ0n) is 12.7. The van der Waals surface area contributed by atoms with E-state index in [1.54, 1.807) is 13.3 Å². The highest BCUT2D eigenvalue weighted by atomic mass is 16.5. The fraction of sp³-hybridized carbons (Fsp3) is 0.125. The summed E-state index contributed by atoms with van der Waals surface area (Å²) in [7, 11) is 1.58. The third-order valence-electron chi connectivity index (χ3n) is 3.91. The summed E-state index contributed by atoms with van der Waals surface area (Å²) < 4.78 is 5.43. The smallest absolute Gasteiger partial charge is 0.338 e. The van der Waals surface area contributed by atoms with E-state index in [0.29, 0.717) is 34.8 Å². The summed E-state index contributed by atoms with van der Waals surface area (Å²) >= 11 is 0. The molecule has 4 rings (SSSR count). The molecule has 0 aliphatic carbocycles. The predicted molar refractivity (Wildman–Crippen MR) is 88.4 cm³/mol. The Balaban J connectivity index is 1.84. The lowest BCUT2D eigenvalue weighted by Gasteiger charge is -2.13. The fourth-order valence-electron chi connectivity index (χ4n) is 2.76. The van der Waals surface area contributed by atoms with E-state index in [-0.39, 0.29) is 5.56 Å². The van der Waals surface area contributed by atoms with Gasteiger partial charge in [0.15, 0.2) is 0 Å². The van der Waals surface area contributed by atoms with Gasteiger partial charge in [-0.2, -0.15) is 0 Å². The van der Waals surface area contributed by atoms with E-state index in [1.165, 1.54) is 12.5 Å². The minimum atomic E-state index is -1.05. The van der Waals surface area contributed by atoms with Gasteiger partial charge in [0.25, 0.3) is 0 Å². The maximum Gasteiger partial charge on any atom is 0.338 e. The van der Waals surface area contributed by atoms with Gasteiger partial charge >= 0.3 is 5.97 Å². The zero-order chi connectivity index (χ0) is 16.7. The summed E-state index contributed by atoms with van der Waals surface area (Å²) in [6.45, 7) is 0.630. The molecule has 0 spiro atoms. The van der Waals surface area contributed by atoms with E-state index in [0.717, 1.165) is 11.1 Å². The lowest BCUT2D eigenvalue weighted by Crippen LogP contribution is -2.02. The van der Waals surface area contributed by atoms with E-state index in [9.17, 15) is 9.90 Å². The highest BCUT2D eigenvalue weighted by molar-refractivity contribution is 6.07. The number of aromatic amines is 1. The van der Waals surface area contributed by atoms with Gasteiger partial charge in [0.2, 0.25) is 0 Å². The molecule has 3 N–H and O–H groups in total. The second-order valence-electron chi connectivity index (χ2n) is 5.30. The monoisotopic (exact) mass is 323 g/mol. The number of benzene rings is 1. The summed E-state index contributed by atoms with van der Waals surface area (Å²) in [5.41, 5.74) is 3.32. The summed E-state index contributed by atoms with van der Waals surface area (Å²) in [6, 6.07) is 3.82. The van der Waals surface area contributed by atoms with Gasteiger partial charge in [-0.3, -0.25) is 4.99 Å². The molecule has 1 aromatic carbocycles. The van der Waals surface area contributed by atoms with Crippen LogP contribution in [0.25, 0.3) is 11.0 Å². The van der Waals surface area contributed by atoms with Crippen LogP contribution in [-0.4, -0.2) is 39.4 Å². The molecule has 24 heavy (non-hydrogen) atoms. The van der Waals surface area contributed by atoms with Crippen LogP contribution in [-0.2, 0) is 6.54 Å². The van der Waals surface area contributed by atoms with Crippen LogP contribution in [0.2, 0.25) is 0 Å². The Hall–Kier alpha value is -3.42. The van der Waals surface area contributed by atoms with Crippen LogP contribution in [0.5, 0.6) is 5.75 Å². The first kappa shape index (κ1) is 14.2. The number of carboxylic acids is 1. The van der Waals surface area contributed by atoms with Crippen molar-refractivity contribution in [2.45, 2.75) is 6.54 Å². The second-order valence-corrected chi connectivity index (χ2v) is 5.30. The maximum absolute atomic E-state index is 11.4. The molecule has 1 aliphatic heterocycles. The molecule has 3 aromatic rings. The van der Waals surface area contributed by atoms with Crippen molar-refractivity contribution in [1.82, 2.24) is 15.0 Å². The van der Waals surface area contributed by atoms with Gasteiger partial charge in [-0.1, -0.05) is 0 Å². The van der Waals surface area contributed by atoms with Crippen molar-refractivity contribution in [2.75, 3.05) is 12.4 Å². The number of hydrogen-bond donors (Lipinski definition) is 3. The van der Waals surface area contributed by atoms with E-state index >= 15 is 0 Å². The number of H-pyrrole nitrogens is 1. The average Bonchev–Trinajstić information content (AvgIpc) is 3.20. The number of nitrogens with zero attached hydrogens (tertiary/aromatic N) is 3. The standard InChI is InChI=1S/C16H13N5O3/c1-24-12-3-9-5-17-4-8(9)2-11(12)21-15-13-10(16(22)23)6-18-14(13)19-7-20-15/h2-4,6-7H,5H2,1H3,(H,22,23)(H2,18,19,20,21). The number of aromatic nitrogens is 3. The summed E-state index contributed by atoms with van der Waals surface area (Å²) in [5.74, 6) is -0.0163. The molecule has 120 valence electrons. The van der Waals surface area contributed by atoms with E-state index in [4.69, 9.17) is 4.74 Å². The molecule has 0 fully saturated rings. The highest BCUT2D eigenvalue weighted by Gasteiger charge is 2.18. The Labute approximate surface area is 136 Å². The van der Waals surface area contributed by atoms with E-state index in [2.05, 4.69) is 25.3 Å². The van der Waals surface area contributed by atoms with Crippen molar-refractivity contribution in [1.29, 1.82) is 0 Å². The SMILES string of the molecule is COc1cc2c(cc1Nc1ncnc3[nH]cc(C(=O)O)c13)C=NC2. The first-order chi connectivity index (χ1) is 11.7. The number of methoxy groups -OCH3 is 1. The molecule has 3 heterocycles. The van der Waals surface area contributed by atoms with Crippen molar-refractivity contribution < 1.29 is 14.6 Å². The van der Waals surface area contributed by atoms with Crippen LogP contribution in [0.15, 0.2) is 29.6 Å². The minimum Gasteiger partial charge on any atom is -0.495 e. The molecule has 2 aromatic heterocycles. The number of ether oxygens (including phenoxy) is 1. The Kier molecular flexibility index (Phi) is 3.16. The summed E-state index contributed by atoms with van der Waals surface area (Å²) in [6.07, 6.45) is 4.57. The molecule has 0 saturated carbocycles. The van der Waals surface area contributed by atoms with Crippen LogP contribution < -0.4 is 10.1 Å². The number of nitrogens with one attached hydrogen (secondary N) is 2. The number of anilines is 2. The van der Waals surface area contributed by atoms with Gasteiger partial charge in [-0.05, 0) is 23.3 Å². The molecular formula is C16H13N5O3. The van der Waals surface area contributed by atoms with Crippen molar-refractivity contribution >= 4 is 34.7 Å². The highest BCUT2D eigenvalue weighted by Crippen LogP contribution is 2.34. The van der Waals surface area contributed by atoms with Gasteiger partial charge in [0.05, 0.1) is 30.3 Å². The van der Waals surface area contributed by atoms with Gasteiger partial charge in [-0.25, -0.2) is 14.8 Å². The minimum absolute atomic E-state index is 0.106. The molecule has 0 amide bonds. The van der Waals surface area contributed by atoms with Gasteiger partial charge < -0.3 is 20.1 Å². The van der Waals surface area contributed by atoms with Gasteiger partial charge in [-0.15, -0.1) is 0 Å². The van der Waals surface area contributed by atoms with E-state index in [1.807, 2.05) is 12.1 Å². The Morgan fingerprint density at radius 1 is 1.38 bits per heavy atom. The molecule has 0 radical (unpaired) electrons. The molecule has 8 nitrogen and oxygen atoms in total. The number of carbonyl (C=O) groups is 1.